The molecule has 32 heavy (non-hydrogen) atoms. The Balaban J connectivity index is 1.27. The van der Waals surface area contributed by atoms with Gasteiger partial charge in [0.1, 0.15) is 0 Å². The lowest BCUT2D eigenvalue weighted by Crippen LogP contribution is -2.50. The fourth-order valence-electron chi connectivity index (χ4n) is 4.63. The topological polar surface area (TPSA) is 82.0 Å². The summed E-state index contributed by atoms with van der Waals surface area (Å²) in [6.07, 6.45) is 4.16. The fraction of sp³-hybridized carbons (Fsp3) is 0.458. The van der Waals surface area contributed by atoms with Gasteiger partial charge in [-0.15, -0.1) is 0 Å². The zero-order valence-corrected chi connectivity index (χ0v) is 18.4. The van der Waals surface area contributed by atoms with Crippen LogP contribution in [0.5, 0.6) is 0 Å². The number of benzene rings is 2. The maximum Gasteiger partial charge on any atom is 0.322 e. The van der Waals surface area contributed by atoms with Crippen LogP contribution in [-0.2, 0) is 0 Å². The molecule has 1 unspecified atom stereocenters. The Morgan fingerprint density at radius 2 is 1.69 bits per heavy atom. The molecule has 2 heterocycles. The number of amides is 2. The summed E-state index contributed by atoms with van der Waals surface area (Å²) in [6, 6.07) is 16.7. The van der Waals surface area contributed by atoms with E-state index in [1.54, 1.807) is 12.1 Å². The van der Waals surface area contributed by atoms with Gasteiger partial charge in [-0.3, -0.25) is 15.0 Å². The second kappa shape index (κ2) is 10.5. The minimum absolute atomic E-state index is 0.0196. The Kier molecular flexibility index (Phi) is 7.21. The highest BCUT2D eigenvalue weighted by molar-refractivity contribution is 5.89. The molecule has 1 atom stereocenters. The molecular formula is C24H31N5O3. The zero-order valence-electron chi connectivity index (χ0n) is 18.4. The molecule has 170 valence electrons. The maximum absolute atomic E-state index is 12.9. The SMILES string of the molecule is O=C(Nc1ccc([N+](=O)[O-])cc1)N1CCCCC1CCN1CCN(c2ccccc2)CC1. The minimum Gasteiger partial charge on any atom is -0.369 e. The van der Waals surface area contributed by atoms with Crippen LogP contribution in [0, 0.1) is 10.1 Å². The van der Waals surface area contributed by atoms with Crippen molar-refractivity contribution >= 4 is 23.1 Å². The normalized spacial score (nSPS) is 19.6. The van der Waals surface area contributed by atoms with E-state index < -0.39 is 4.92 Å². The average molecular weight is 438 g/mol. The summed E-state index contributed by atoms with van der Waals surface area (Å²) in [6.45, 7) is 5.88. The third-order valence-corrected chi connectivity index (χ3v) is 6.49. The van der Waals surface area contributed by atoms with Gasteiger partial charge >= 0.3 is 6.03 Å². The second-order valence-corrected chi connectivity index (χ2v) is 8.53. The van der Waals surface area contributed by atoms with Crippen molar-refractivity contribution in [2.24, 2.45) is 0 Å². The zero-order chi connectivity index (χ0) is 22.3. The highest BCUT2D eigenvalue weighted by atomic mass is 16.6. The summed E-state index contributed by atoms with van der Waals surface area (Å²) < 4.78 is 0. The summed E-state index contributed by atoms with van der Waals surface area (Å²) in [7, 11) is 0. The quantitative estimate of drug-likeness (QED) is 0.541. The number of hydrogen-bond acceptors (Lipinski definition) is 5. The van der Waals surface area contributed by atoms with E-state index in [2.05, 4.69) is 39.4 Å². The fourth-order valence-corrected chi connectivity index (χ4v) is 4.63. The van der Waals surface area contributed by atoms with E-state index in [4.69, 9.17) is 0 Å². The van der Waals surface area contributed by atoms with Crippen molar-refractivity contribution in [3.8, 4) is 0 Å². The number of piperazine rings is 1. The first-order valence-corrected chi connectivity index (χ1v) is 11.4. The number of nitro groups is 1. The van der Waals surface area contributed by atoms with Gasteiger partial charge in [0.15, 0.2) is 0 Å². The molecule has 0 aliphatic carbocycles. The van der Waals surface area contributed by atoms with Crippen molar-refractivity contribution < 1.29 is 9.72 Å². The molecule has 2 aliphatic rings. The van der Waals surface area contributed by atoms with Crippen LogP contribution in [0.2, 0.25) is 0 Å². The van der Waals surface area contributed by atoms with Gasteiger partial charge in [-0.1, -0.05) is 18.2 Å². The third-order valence-electron chi connectivity index (χ3n) is 6.49. The number of nitrogens with one attached hydrogen (secondary N) is 1. The van der Waals surface area contributed by atoms with Gasteiger partial charge in [-0.25, -0.2) is 4.79 Å². The van der Waals surface area contributed by atoms with Gasteiger partial charge in [0.25, 0.3) is 5.69 Å². The van der Waals surface area contributed by atoms with Crippen molar-refractivity contribution in [3.05, 3.63) is 64.7 Å². The van der Waals surface area contributed by atoms with Crippen molar-refractivity contribution in [2.45, 2.75) is 31.7 Å². The Morgan fingerprint density at radius 1 is 0.969 bits per heavy atom. The molecule has 0 saturated carbocycles. The van der Waals surface area contributed by atoms with E-state index in [1.165, 1.54) is 17.8 Å². The van der Waals surface area contributed by atoms with Gasteiger partial charge in [-0.05, 0) is 49.9 Å². The minimum atomic E-state index is -0.439. The molecule has 0 spiro atoms. The number of non-ortho nitro benzene ring substituents is 1. The van der Waals surface area contributed by atoms with Gasteiger partial charge in [0, 0.05) is 68.8 Å². The molecule has 2 amide bonds. The number of carbonyl (C=O) groups excluding carboxylic acids is 1. The number of likely N-dealkylation sites (tertiary alicyclic amines) is 1. The molecule has 8 heteroatoms. The van der Waals surface area contributed by atoms with Crippen molar-refractivity contribution in [1.29, 1.82) is 0 Å². The lowest BCUT2D eigenvalue weighted by atomic mass is 9.99. The Labute approximate surface area is 189 Å². The number of piperidine rings is 1. The van der Waals surface area contributed by atoms with E-state index in [9.17, 15) is 14.9 Å². The van der Waals surface area contributed by atoms with Gasteiger partial charge < -0.3 is 15.1 Å². The number of nitro benzene ring substituents is 1. The van der Waals surface area contributed by atoms with E-state index in [0.29, 0.717) is 5.69 Å². The van der Waals surface area contributed by atoms with Crippen LogP contribution in [0.25, 0.3) is 0 Å². The molecule has 1 N–H and O–H groups in total. The summed E-state index contributed by atoms with van der Waals surface area (Å²) in [5.74, 6) is 0. The van der Waals surface area contributed by atoms with E-state index >= 15 is 0 Å². The Hall–Kier alpha value is -3.13. The molecule has 0 aromatic heterocycles. The number of para-hydroxylation sites is 1. The molecule has 2 aromatic rings. The molecule has 4 rings (SSSR count). The van der Waals surface area contributed by atoms with Crippen LogP contribution < -0.4 is 10.2 Å². The van der Waals surface area contributed by atoms with Crippen LogP contribution in [0.4, 0.5) is 21.9 Å². The van der Waals surface area contributed by atoms with E-state index in [-0.39, 0.29) is 17.8 Å². The van der Waals surface area contributed by atoms with E-state index in [1.807, 2.05) is 11.0 Å². The molecular weight excluding hydrogens is 406 g/mol. The summed E-state index contributed by atoms with van der Waals surface area (Å²) in [5, 5.41) is 13.7. The van der Waals surface area contributed by atoms with Gasteiger partial charge in [0.2, 0.25) is 0 Å². The third kappa shape index (κ3) is 5.56. The van der Waals surface area contributed by atoms with Crippen LogP contribution in [0.15, 0.2) is 54.6 Å². The standard InChI is InChI=1S/C24H31N5O3/c30-24(25-20-9-11-23(12-10-20)29(31)32)28-14-5-4-8-22(28)13-15-26-16-18-27(19-17-26)21-6-2-1-3-7-21/h1-3,6-7,9-12,22H,4-5,8,13-19H2,(H,25,30). The largest absolute Gasteiger partial charge is 0.369 e. The number of urea groups is 1. The molecule has 0 bridgehead atoms. The van der Waals surface area contributed by atoms with E-state index in [0.717, 1.165) is 65.0 Å². The van der Waals surface area contributed by atoms with Crippen molar-refractivity contribution in [3.63, 3.8) is 0 Å². The molecule has 2 saturated heterocycles. The van der Waals surface area contributed by atoms with Crippen molar-refractivity contribution in [2.75, 3.05) is 49.5 Å². The first kappa shape index (κ1) is 22.1. The van der Waals surface area contributed by atoms with Gasteiger partial charge in [0.05, 0.1) is 4.92 Å². The summed E-state index contributed by atoms with van der Waals surface area (Å²) in [4.78, 5) is 30.2. The summed E-state index contributed by atoms with van der Waals surface area (Å²) >= 11 is 0. The summed E-state index contributed by atoms with van der Waals surface area (Å²) in [5.41, 5.74) is 1.89. The lowest BCUT2D eigenvalue weighted by Gasteiger charge is -2.39. The molecule has 2 aliphatic heterocycles. The molecule has 2 aromatic carbocycles. The van der Waals surface area contributed by atoms with Crippen molar-refractivity contribution in [1.82, 2.24) is 9.80 Å². The Bertz CT molecular complexity index is 898. The highest BCUT2D eigenvalue weighted by Crippen LogP contribution is 2.23. The van der Waals surface area contributed by atoms with Crippen LogP contribution >= 0.6 is 0 Å². The second-order valence-electron chi connectivity index (χ2n) is 8.53. The number of nitrogens with zero attached hydrogens (tertiary/aromatic N) is 4. The van der Waals surface area contributed by atoms with Crippen LogP contribution in [0.3, 0.4) is 0 Å². The predicted octanol–water partition coefficient (Wildman–Crippen LogP) is 4.19. The smallest absolute Gasteiger partial charge is 0.322 e. The average Bonchev–Trinajstić information content (AvgIpc) is 2.84. The predicted molar refractivity (Wildman–Crippen MR) is 126 cm³/mol. The Morgan fingerprint density at radius 3 is 2.38 bits per heavy atom. The first-order valence-electron chi connectivity index (χ1n) is 11.4. The first-order chi connectivity index (χ1) is 15.6. The number of hydrogen-bond donors (Lipinski definition) is 1. The van der Waals surface area contributed by atoms with Crippen LogP contribution in [-0.4, -0.2) is 66.1 Å². The molecule has 8 nitrogen and oxygen atoms in total. The maximum atomic E-state index is 12.9. The number of carbonyl (C=O) groups is 1. The van der Waals surface area contributed by atoms with Gasteiger partial charge in [-0.2, -0.15) is 0 Å². The van der Waals surface area contributed by atoms with Crippen LogP contribution in [0.1, 0.15) is 25.7 Å². The molecule has 2 fully saturated rings. The number of anilines is 2. The highest BCUT2D eigenvalue weighted by Gasteiger charge is 2.28. The monoisotopic (exact) mass is 437 g/mol. The number of rotatable bonds is 6. The molecule has 0 radical (unpaired) electrons. The lowest BCUT2D eigenvalue weighted by molar-refractivity contribution is -0.384.